The number of nitrogens with zero attached hydrogens (tertiary/aromatic N) is 2. The SMILES string of the molecule is Cl.Cl.O=C(c1ccc(-c2nc3ccccc3s2)o1)N1CC[C@@H]2CNC[C@@H]2CC1. The van der Waals surface area contributed by atoms with Gasteiger partial charge in [-0.15, -0.1) is 36.2 Å². The molecule has 1 aromatic carbocycles. The fourth-order valence-electron chi connectivity index (χ4n) is 4.12. The second kappa shape index (κ2) is 8.82. The number of nitrogens with one attached hydrogen (secondary N) is 1. The van der Waals surface area contributed by atoms with Crippen molar-refractivity contribution in [1.82, 2.24) is 15.2 Å². The molecule has 0 unspecified atom stereocenters. The summed E-state index contributed by atoms with van der Waals surface area (Å²) in [6.45, 7) is 3.82. The van der Waals surface area contributed by atoms with E-state index in [0.29, 0.717) is 23.4 Å². The average molecular weight is 440 g/mol. The van der Waals surface area contributed by atoms with Gasteiger partial charge in [0, 0.05) is 13.1 Å². The van der Waals surface area contributed by atoms with E-state index in [1.54, 1.807) is 17.4 Å². The van der Waals surface area contributed by atoms with Gasteiger partial charge in [-0.3, -0.25) is 4.79 Å². The molecule has 2 atom stereocenters. The number of amides is 1. The van der Waals surface area contributed by atoms with E-state index in [1.807, 2.05) is 29.2 Å². The summed E-state index contributed by atoms with van der Waals surface area (Å²) in [6.07, 6.45) is 2.16. The van der Waals surface area contributed by atoms with Crippen molar-refractivity contribution >= 4 is 52.3 Å². The van der Waals surface area contributed by atoms with Crippen molar-refractivity contribution in [2.24, 2.45) is 11.8 Å². The van der Waals surface area contributed by atoms with E-state index in [2.05, 4.69) is 16.4 Å². The van der Waals surface area contributed by atoms with Crippen LogP contribution in [0.1, 0.15) is 23.4 Å². The lowest BCUT2D eigenvalue weighted by atomic mass is 9.92. The van der Waals surface area contributed by atoms with Crippen molar-refractivity contribution in [3.8, 4) is 10.8 Å². The Balaban J connectivity index is 0.00000112. The summed E-state index contributed by atoms with van der Waals surface area (Å²) < 4.78 is 7.02. The summed E-state index contributed by atoms with van der Waals surface area (Å²) in [4.78, 5) is 19.5. The molecule has 4 heterocycles. The summed E-state index contributed by atoms with van der Waals surface area (Å²) in [6, 6.07) is 11.7. The number of likely N-dealkylation sites (tertiary alicyclic amines) is 1. The second-order valence-electron chi connectivity index (χ2n) is 7.20. The first-order valence-electron chi connectivity index (χ1n) is 9.24. The smallest absolute Gasteiger partial charge is 0.289 e. The fourth-order valence-corrected chi connectivity index (χ4v) is 5.05. The zero-order chi connectivity index (χ0) is 17.5. The van der Waals surface area contributed by atoms with E-state index < -0.39 is 0 Å². The minimum Gasteiger partial charge on any atom is -0.448 e. The maximum absolute atomic E-state index is 12.9. The van der Waals surface area contributed by atoms with E-state index >= 15 is 0 Å². The molecule has 28 heavy (non-hydrogen) atoms. The number of rotatable bonds is 2. The molecule has 2 fully saturated rings. The number of halogens is 2. The quantitative estimate of drug-likeness (QED) is 0.639. The number of aromatic nitrogens is 1. The summed E-state index contributed by atoms with van der Waals surface area (Å²) >= 11 is 1.59. The molecule has 5 nitrogen and oxygen atoms in total. The van der Waals surface area contributed by atoms with E-state index in [0.717, 1.165) is 54.2 Å². The topological polar surface area (TPSA) is 58.4 Å². The summed E-state index contributed by atoms with van der Waals surface area (Å²) in [5, 5.41) is 4.29. The van der Waals surface area contributed by atoms with Crippen LogP contribution < -0.4 is 5.32 Å². The number of hydrogen-bond acceptors (Lipinski definition) is 5. The number of benzene rings is 1. The van der Waals surface area contributed by atoms with Gasteiger partial charge in [0.15, 0.2) is 16.5 Å². The Bertz CT molecular complexity index is 911. The molecule has 1 amide bonds. The van der Waals surface area contributed by atoms with Crippen molar-refractivity contribution in [2.75, 3.05) is 26.2 Å². The Hall–Kier alpha value is -1.60. The van der Waals surface area contributed by atoms with E-state index in [9.17, 15) is 4.79 Å². The molecule has 3 aromatic rings. The lowest BCUT2D eigenvalue weighted by Gasteiger charge is -2.19. The molecular weight excluding hydrogens is 417 g/mol. The van der Waals surface area contributed by atoms with Crippen molar-refractivity contribution < 1.29 is 9.21 Å². The minimum absolute atomic E-state index is 0. The molecule has 0 bridgehead atoms. The summed E-state index contributed by atoms with van der Waals surface area (Å²) in [5.74, 6) is 2.52. The number of fused-ring (bicyclic) bond motifs is 2. The number of para-hydroxylation sites is 1. The van der Waals surface area contributed by atoms with Gasteiger partial charge in [-0.1, -0.05) is 12.1 Å². The van der Waals surface area contributed by atoms with Crippen LogP contribution in [0.5, 0.6) is 0 Å². The van der Waals surface area contributed by atoms with Gasteiger partial charge in [-0.05, 0) is 62.0 Å². The highest BCUT2D eigenvalue weighted by molar-refractivity contribution is 7.21. The van der Waals surface area contributed by atoms with Gasteiger partial charge in [0.25, 0.3) is 5.91 Å². The normalized spacial score (nSPS) is 21.5. The molecule has 2 aliphatic rings. The molecule has 8 heteroatoms. The Morgan fingerprint density at radius 2 is 1.79 bits per heavy atom. The molecule has 0 saturated carbocycles. The van der Waals surface area contributed by atoms with Crippen LogP contribution in [0.2, 0.25) is 0 Å². The lowest BCUT2D eigenvalue weighted by Crippen LogP contribution is -2.32. The lowest BCUT2D eigenvalue weighted by molar-refractivity contribution is 0.0727. The third-order valence-corrected chi connectivity index (χ3v) is 6.68. The van der Waals surface area contributed by atoms with Crippen LogP contribution in [-0.2, 0) is 0 Å². The Kier molecular flexibility index (Phi) is 6.65. The van der Waals surface area contributed by atoms with E-state index in [4.69, 9.17) is 4.42 Å². The fraction of sp³-hybridized carbons (Fsp3) is 0.400. The average Bonchev–Trinajstić information content (AvgIpc) is 3.38. The third kappa shape index (κ3) is 3.92. The molecule has 1 N–H and O–H groups in total. The van der Waals surface area contributed by atoms with Gasteiger partial charge >= 0.3 is 0 Å². The molecular formula is C20H23Cl2N3O2S. The van der Waals surface area contributed by atoms with Gasteiger partial charge in [-0.25, -0.2) is 4.98 Å². The highest BCUT2D eigenvalue weighted by Crippen LogP contribution is 2.32. The van der Waals surface area contributed by atoms with Crippen molar-refractivity contribution in [3.63, 3.8) is 0 Å². The number of carbonyl (C=O) groups excluding carboxylic acids is 1. The monoisotopic (exact) mass is 439 g/mol. The highest BCUT2D eigenvalue weighted by Gasteiger charge is 2.32. The predicted octanol–water partition coefficient (Wildman–Crippen LogP) is 4.47. The Morgan fingerprint density at radius 1 is 1.07 bits per heavy atom. The zero-order valence-electron chi connectivity index (χ0n) is 15.3. The Labute approximate surface area is 180 Å². The standard InChI is InChI=1S/C20H21N3O2S.2ClH/c24-20(23-9-7-13-11-21-12-14(13)8-10-23)17-6-5-16(25-17)19-22-15-3-1-2-4-18(15)26-19;;/h1-6,13-14,21H,7-12H2;2*1H/t13-,14+;;. The maximum Gasteiger partial charge on any atom is 0.289 e. The molecule has 0 aliphatic carbocycles. The van der Waals surface area contributed by atoms with Crippen molar-refractivity contribution in [3.05, 3.63) is 42.2 Å². The van der Waals surface area contributed by atoms with E-state index in [1.165, 1.54) is 0 Å². The number of furan rings is 1. The van der Waals surface area contributed by atoms with Crippen LogP contribution >= 0.6 is 36.2 Å². The van der Waals surface area contributed by atoms with Gasteiger partial charge in [-0.2, -0.15) is 0 Å². The minimum atomic E-state index is 0. The van der Waals surface area contributed by atoms with Crippen LogP contribution in [0, 0.1) is 11.8 Å². The zero-order valence-corrected chi connectivity index (χ0v) is 17.7. The number of hydrogen-bond donors (Lipinski definition) is 1. The second-order valence-corrected chi connectivity index (χ2v) is 8.23. The van der Waals surface area contributed by atoms with Gasteiger partial charge in [0.2, 0.25) is 0 Å². The van der Waals surface area contributed by atoms with Crippen LogP contribution in [0.15, 0.2) is 40.8 Å². The first-order valence-corrected chi connectivity index (χ1v) is 10.1. The largest absolute Gasteiger partial charge is 0.448 e. The van der Waals surface area contributed by atoms with Crippen molar-refractivity contribution in [1.29, 1.82) is 0 Å². The van der Waals surface area contributed by atoms with Crippen LogP contribution in [0.25, 0.3) is 21.0 Å². The molecule has 0 spiro atoms. The van der Waals surface area contributed by atoms with Gasteiger partial charge in [0.05, 0.1) is 10.2 Å². The molecule has 2 aromatic heterocycles. The predicted molar refractivity (Wildman–Crippen MR) is 117 cm³/mol. The molecule has 2 aliphatic heterocycles. The van der Waals surface area contributed by atoms with Crippen LogP contribution in [0.3, 0.4) is 0 Å². The summed E-state index contributed by atoms with van der Waals surface area (Å²) in [5.41, 5.74) is 0.962. The molecule has 2 saturated heterocycles. The van der Waals surface area contributed by atoms with Gasteiger partial charge < -0.3 is 14.6 Å². The number of carbonyl (C=O) groups is 1. The summed E-state index contributed by atoms with van der Waals surface area (Å²) in [7, 11) is 0. The molecule has 5 rings (SSSR count). The molecule has 0 radical (unpaired) electrons. The molecule has 150 valence electrons. The first kappa shape index (κ1) is 21.1. The first-order chi connectivity index (χ1) is 12.8. The Morgan fingerprint density at radius 3 is 2.50 bits per heavy atom. The van der Waals surface area contributed by atoms with Crippen molar-refractivity contribution in [2.45, 2.75) is 12.8 Å². The van der Waals surface area contributed by atoms with Crippen LogP contribution in [0.4, 0.5) is 0 Å². The van der Waals surface area contributed by atoms with Crippen LogP contribution in [-0.4, -0.2) is 42.0 Å². The third-order valence-electron chi connectivity index (χ3n) is 5.63. The van der Waals surface area contributed by atoms with Gasteiger partial charge in [0.1, 0.15) is 0 Å². The highest BCUT2D eigenvalue weighted by atomic mass is 35.5. The number of thiazole rings is 1. The van der Waals surface area contributed by atoms with E-state index in [-0.39, 0.29) is 30.7 Å². The maximum atomic E-state index is 12.9.